The third-order valence-electron chi connectivity index (χ3n) is 3.79. The van der Waals surface area contributed by atoms with Crippen molar-refractivity contribution in [2.75, 3.05) is 6.61 Å². The summed E-state index contributed by atoms with van der Waals surface area (Å²) in [7, 11) is 0. The first kappa shape index (κ1) is 13.3. The molecule has 20 heavy (non-hydrogen) atoms. The van der Waals surface area contributed by atoms with Crippen LogP contribution in [0.1, 0.15) is 22.7 Å². The van der Waals surface area contributed by atoms with Gasteiger partial charge < -0.3 is 5.11 Å². The summed E-state index contributed by atoms with van der Waals surface area (Å²) in [6, 6.07) is 15.9. The standard InChI is InChI=1S/C17H16ClNO/c18-15-7-5-12(6-8-15)10-19-17-14(11-20)9-13-3-1-2-4-16(13)17/h1-8,10,14,17,20H,9,11H2/t14-,17+/m1/s1. The highest BCUT2D eigenvalue weighted by Gasteiger charge is 2.30. The molecule has 0 heterocycles. The lowest BCUT2D eigenvalue weighted by molar-refractivity contribution is 0.214. The van der Waals surface area contributed by atoms with Gasteiger partial charge in [0.1, 0.15) is 0 Å². The van der Waals surface area contributed by atoms with Crippen molar-refractivity contribution in [3.63, 3.8) is 0 Å². The zero-order chi connectivity index (χ0) is 13.9. The monoisotopic (exact) mass is 285 g/mol. The van der Waals surface area contributed by atoms with Crippen molar-refractivity contribution in [2.45, 2.75) is 12.5 Å². The fourth-order valence-electron chi connectivity index (χ4n) is 2.74. The van der Waals surface area contributed by atoms with Crippen LogP contribution in [0.15, 0.2) is 53.5 Å². The fourth-order valence-corrected chi connectivity index (χ4v) is 2.86. The third kappa shape index (κ3) is 2.62. The molecule has 0 aliphatic heterocycles. The molecule has 0 bridgehead atoms. The molecule has 2 nitrogen and oxygen atoms in total. The SMILES string of the molecule is OC[C@H]1Cc2ccccc2[C@H]1N=Cc1ccc(Cl)cc1. The van der Waals surface area contributed by atoms with Gasteiger partial charge in [0.2, 0.25) is 0 Å². The lowest BCUT2D eigenvalue weighted by atomic mass is 10.0. The van der Waals surface area contributed by atoms with E-state index in [1.165, 1.54) is 11.1 Å². The van der Waals surface area contributed by atoms with Crippen LogP contribution in [-0.4, -0.2) is 17.9 Å². The molecule has 0 saturated heterocycles. The summed E-state index contributed by atoms with van der Waals surface area (Å²) in [5.41, 5.74) is 3.55. The average Bonchev–Trinajstić information content (AvgIpc) is 2.84. The van der Waals surface area contributed by atoms with Gasteiger partial charge in [-0.25, -0.2) is 0 Å². The van der Waals surface area contributed by atoms with Gasteiger partial charge >= 0.3 is 0 Å². The number of halogens is 1. The van der Waals surface area contributed by atoms with Crippen LogP contribution < -0.4 is 0 Å². The van der Waals surface area contributed by atoms with Gasteiger partial charge in [-0.2, -0.15) is 0 Å². The van der Waals surface area contributed by atoms with Gasteiger partial charge in [0.15, 0.2) is 0 Å². The van der Waals surface area contributed by atoms with Gasteiger partial charge in [-0.3, -0.25) is 4.99 Å². The van der Waals surface area contributed by atoms with E-state index < -0.39 is 0 Å². The number of aliphatic hydroxyl groups is 1. The van der Waals surface area contributed by atoms with Crippen molar-refractivity contribution < 1.29 is 5.11 Å². The van der Waals surface area contributed by atoms with Crippen molar-refractivity contribution >= 4 is 17.8 Å². The van der Waals surface area contributed by atoms with Crippen LogP contribution in [0.25, 0.3) is 0 Å². The predicted octanol–water partition coefficient (Wildman–Crippen LogP) is 3.66. The Morgan fingerprint density at radius 3 is 2.65 bits per heavy atom. The van der Waals surface area contributed by atoms with Gasteiger partial charge in [-0.05, 0) is 35.2 Å². The van der Waals surface area contributed by atoms with E-state index in [9.17, 15) is 5.11 Å². The van der Waals surface area contributed by atoms with Crippen LogP contribution in [0.5, 0.6) is 0 Å². The molecular formula is C17H16ClNO. The summed E-state index contributed by atoms with van der Waals surface area (Å²) in [5.74, 6) is 0.177. The van der Waals surface area contributed by atoms with Crippen LogP contribution in [0.4, 0.5) is 0 Å². The Morgan fingerprint density at radius 1 is 1.15 bits per heavy atom. The molecule has 0 spiro atoms. The molecule has 1 aliphatic rings. The second-order valence-electron chi connectivity index (χ2n) is 5.12. The van der Waals surface area contributed by atoms with Crippen molar-refractivity contribution in [3.05, 3.63) is 70.2 Å². The number of benzene rings is 2. The van der Waals surface area contributed by atoms with Crippen molar-refractivity contribution in [2.24, 2.45) is 10.9 Å². The Morgan fingerprint density at radius 2 is 1.90 bits per heavy atom. The number of rotatable bonds is 3. The van der Waals surface area contributed by atoms with Gasteiger partial charge in [-0.15, -0.1) is 0 Å². The van der Waals surface area contributed by atoms with E-state index in [4.69, 9.17) is 11.6 Å². The highest BCUT2D eigenvalue weighted by molar-refractivity contribution is 6.30. The molecule has 0 radical (unpaired) electrons. The number of nitrogens with zero attached hydrogens (tertiary/aromatic N) is 1. The Balaban J connectivity index is 1.86. The van der Waals surface area contributed by atoms with Gasteiger partial charge in [0.05, 0.1) is 6.04 Å². The molecule has 2 aromatic rings. The van der Waals surface area contributed by atoms with E-state index in [1.807, 2.05) is 42.6 Å². The number of aliphatic hydroxyl groups excluding tert-OH is 1. The lowest BCUT2D eigenvalue weighted by Gasteiger charge is -2.13. The Bertz CT molecular complexity index is 621. The van der Waals surface area contributed by atoms with Crippen molar-refractivity contribution in [1.82, 2.24) is 0 Å². The minimum atomic E-state index is 0.0480. The maximum absolute atomic E-state index is 9.55. The van der Waals surface area contributed by atoms with Gasteiger partial charge in [-0.1, -0.05) is 48.0 Å². The minimum Gasteiger partial charge on any atom is -0.396 e. The number of fused-ring (bicyclic) bond motifs is 1. The highest BCUT2D eigenvalue weighted by atomic mass is 35.5. The fraction of sp³-hybridized carbons (Fsp3) is 0.235. The Kier molecular flexibility index (Phi) is 3.86. The van der Waals surface area contributed by atoms with E-state index in [0.717, 1.165) is 17.0 Å². The first-order chi connectivity index (χ1) is 9.78. The first-order valence-electron chi connectivity index (χ1n) is 6.75. The average molecular weight is 286 g/mol. The zero-order valence-electron chi connectivity index (χ0n) is 11.0. The smallest absolute Gasteiger partial charge is 0.0805 e. The van der Waals surface area contributed by atoms with E-state index in [0.29, 0.717) is 0 Å². The lowest BCUT2D eigenvalue weighted by Crippen LogP contribution is -2.10. The maximum Gasteiger partial charge on any atom is 0.0805 e. The Labute approximate surface area is 123 Å². The normalized spacial score (nSPS) is 21.3. The van der Waals surface area contributed by atoms with Crippen LogP contribution in [0.3, 0.4) is 0 Å². The third-order valence-corrected chi connectivity index (χ3v) is 4.04. The molecule has 2 aromatic carbocycles. The van der Waals surface area contributed by atoms with Crippen molar-refractivity contribution in [1.29, 1.82) is 0 Å². The molecule has 0 fully saturated rings. The molecule has 1 aliphatic carbocycles. The first-order valence-corrected chi connectivity index (χ1v) is 7.13. The highest BCUT2D eigenvalue weighted by Crippen LogP contribution is 2.38. The minimum absolute atomic E-state index is 0.0480. The second-order valence-corrected chi connectivity index (χ2v) is 5.56. The topological polar surface area (TPSA) is 32.6 Å². The quantitative estimate of drug-likeness (QED) is 0.858. The predicted molar refractivity (Wildman–Crippen MR) is 82.5 cm³/mol. The summed E-state index contributed by atoms with van der Waals surface area (Å²) < 4.78 is 0. The van der Waals surface area contributed by atoms with Crippen LogP contribution in [-0.2, 0) is 6.42 Å². The molecule has 3 heteroatoms. The number of aliphatic imine (C=N–C) groups is 1. The molecule has 0 saturated carbocycles. The maximum atomic E-state index is 9.55. The summed E-state index contributed by atoms with van der Waals surface area (Å²) in [4.78, 5) is 4.69. The van der Waals surface area contributed by atoms with E-state index in [-0.39, 0.29) is 18.6 Å². The van der Waals surface area contributed by atoms with Gasteiger partial charge in [0, 0.05) is 23.8 Å². The van der Waals surface area contributed by atoms with Crippen LogP contribution in [0, 0.1) is 5.92 Å². The summed E-state index contributed by atoms with van der Waals surface area (Å²) in [6.45, 7) is 0.164. The van der Waals surface area contributed by atoms with Crippen LogP contribution >= 0.6 is 11.6 Å². The largest absolute Gasteiger partial charge is 0.396 e. The summed E-state index contributed by atoms with van der Waals surface area (Å²) in [6.07, 6.45) is 2.76. The van der Waals surface area contributed by atoms with E-state index >= 15 is 0 Å². The molecule has 0 amide bonds. The molecule has 0 unspecified atom stereocenters. The molecule has 0 aromatic heterocycles. The Hall–Kier alpha value is -1.64. The van der Waals surface area contributed by atoms with Crippen LogP contribution in [0.2, 0.25) is 5.02 Å². The number of hydrogen-bond donors (Lipinski definition) is 1. The molecular weight excluding hydrogens is 270 g/mol. The summed E-state index contributed by atoms with van der Waals surface area (Å²) in [5, 5.41) is 10.3. The molecule has 2 atom stereocenters. The molecule has 1 N–H and O–H groups in total. The van der Waals surface area contributed by atoms with E-state index in [2.05, 4.69) is 17.1 Å². The molecule has 3 rings (SSSR count). The van der Waals surface area contributed by atoms with Crippen molar-refractivity contribution in [3.8, 4) is 0 Å². The summed E-state index contributed by atoms with van der Waals surface area (Å²) >= 11 is 5.87. The zero-order valence-corrected chi connectivity index (χ0v) is 11.8. The van der Waals surface area contributed by atoms with Gasteiger partial charge in [0.25, 0.3) is 0 Å². The second kappa shape index (κ2) is 5.78. The number of hydrogen-bond acceptors (Lipinski definition) is 2. The molecule has 102 valence electrons. The van der Waals surface area contributed by atoms with E-state index in [1.54, 1.807) is 0 Å².